The van der Waals surface area contributed by atoms with Gasteiger partial charge in [0.15, 0.2) is 0 Å². The number of pyridine rings is 1. The Bertz CT molecular complexity index is 888. The van der Waals surface area contributed by atoms with Crippen molar-refractivity contribution in [3.8, 4) is 5.75 Å². The van der Waals surface area contributed by atoms with Crippen molar-refractivity contribution in [2.75, 3.05) is 7.11 Å². The summed E-state index contributed by atoms with van der Waals surface area (Å²) in [5.74, 6) is 0.0834. The van der Waals surface area contributed by atoms with Gasteiger partial charge < -0.3 is 10.1 Å². The normalized spacial score (nSPS) is 13.5. The zero-order chi connectivity index (χ0) is 18.8. The lowest BCUT2D eigenvalue weighted by atomic mass is 10.1. The second-order valence-electron chi connectivity index (χ2n) is 6.75. The van der Waals surface area contributed by atoms with E-state index in [-0.39, 0.29) is 4.90 Å². The Kier molecular flexibility index (Phi) is 5.34. The molecule has 0 aliphatic heterocycles. The number of sulfonamides is 1. The molecule has 0 radical (unpaired) electrons. The van der Waals surface area contributed by atoms with Crippen LogP contribution in [-0.2, 0) is 14.8 Å². The summed E-state index contributed by atoms with van der Waals surface area (Å²) in [6, 6.07) is 5.37. The highest BCUT2D eigenvalue weighted by Crippen LogP contribution is 2.29. The van der Waals surface area contributed by atoms with E-state index in [9.17, 15) is 13.2 Å². The SMILES string of the molecule is COc1ccc(S(=O)(=O)NC(C)C(=O)NC(C)(C)C)c2cccnc12. The molecule has 2 aromatic rings. The van der Waals surface area contributed by atoms with E-state index in [1.165, 1.54) is 20.1 Å². The molecule has 1 aromatic carbocycles. The highest BCUT2D eigenvalue weighted by molar-refractivity contribution is 7.89. The quantitative estimate of drug-likeness (QED) is 0.842. The number of rotatable bonds is 5. The second kappa shape index (κ2) is 6.97. The van der Waals surface area contributed by atoms with Crippen LogP contribution < -0.4 is 14.8 Å². The minimum Gasteiger partial charge on any atom is -0.494 e. The van der Waals surface area contributed by atoms with Crippen molar-refractivity contribution in [1.82, 2.24) is 15.0 Å². The van der Waals surface area contributed by atoms with Gasteiger partial charge in [-0.15, -0.1) is 0 Å². The second-order valence-corrected chi connectivity index (χ2v) is 8.43. The van der Waals surface area contributed by atoms with Gasteiger partial charge in [0, 0.05) is 17.1 Å². The minimum atomic E-state index is -3.92. The summed E-state index contributed by atoms with van der Waals surface area (Å²) >= 11 is 0. The molecule has 1 aromatic heterocycles. The summed E-state index contributed by atoms with van der Waals surface area (Å²) in [6.45, 7) is 6.99. The first-order valence-electron chi connectivity index (χ1n) is 7.81. The standard InChI is InChI=1S/C17H23N3O4S/c1-11(16(21)19-17(2,3)4)20-25(22,23)14-9-8-13(24-5)15-12(14)7-6-10-18-15/h6-11,20H,1-5H3,(H,19,21). The maximum Gasteiger partial charge on any atom is 0.241 e. The van der Waals surface area contributed by atoms with Crippen molar-refractivity contribution >= 4 is 26.8 Å². The monoisotopic (exact) mass is 365 g/mol. The first kappa shape index (κ1) is 19.1. The third kappa shape index (κ3) is 4.46. The fourth-order valence-corrected chi connectivity index (χ4v) is 3.75. The van der Waals surface area contributed by atoms with Crippen LogP contribution in [0.3, 0.4) is 0 Å². The summed E-state index contributed by atoms with van der Waals surface area (Å²) in [5, 5.41) is 3.18. The van der Waals surface area contributed by atoms with Crippen molar-refractivity contribution in [3.05, 3.63) is 30.5 Å². The smallest absolute Gasteiger partial charge is 0.241 e. The van der Waals surface area contributed by atoms with Gasteiger partial charge in [-0.1, -0.05) is 0 Å². The van der Waals surface area contributed by atoms with Gasteiger partial charge in [0.1, 0.15) is 11.3 Å². The maximum atomic E-state index is 12.8. The van der Waals surface area contributed by atoms with E-state index in [0.717, 1.165) is 0 Å². The molecule has 1 unspecified atom stereocenters. The Morgan fingerprint density at radius 2 is 1.92 bits per heavy atom. The largest absolute Gasteiger partial charge is 0.494 e. The Balaban J connectivity index is 2.38. The van der Waals surface area contributed by atoms with Crippen molar-refractivity contribution < 1.29 is 17.9 Å². The van der Waals surface area contributed by atoms with Gasteiger partial charge >= 0.3 is 0 Å². The van der Waals surface area contributed by atoms with Crippen molar-refractivity contribution in [2.45, 2.75) is 44.2 Å². The molecule has 1 heterocycles. The predicted molar refractivity (Wildman–Crippen MR) is 96.0 cm³/mol. The van der Waals surface area contributed by atoms with Gasteiger partial charge in [-0.25, -0.2) is 8.42 Å². The number of hydrogen-bond acceptors (Lipinski definition) is 5. The zero-order valence-corrected chi connectivity index (χ0v) is 15.8. The molecular weight excluding hydrogens is 342 g/mol. The lowest BCUT2D eigenvalue weighted by Crippen LogP contribution is -2.50. The number of nitrogens with one attached hydrogen (secondary N) is 2. The third-order valence-corrected chi connectivity index (χ3v) is 5.02. The molecule has 0 saturated heterocycles. The van der Waals surface area contributed by atoms with Gasteiger partial charge in [0.25, 0.3) is 0 Å². The van der Waals surface area contributed by atoms with E-state index in [4.69, 9.17) is 4.74 Å². The van der Waals surface area contributed by atoms with Crippen LogP contribution in [0.5, 0.6) is 5.75 Å². The van der Waals surface area contributed by atoms with Gasteiger partial charge in [0.05, 0.1) is 18.0 Å². The molecule has 1 amide bonds. The Morgan fingerprint density at radius 1 is 1.24 bits per heavy atom. The molecular formula is C17H23N3O4S. The summed E-state index contributed by atoms with van der Waals surface area (Å²) in [7, 11) is -2.42. The third-order valence-electron chi connectivity index (χ3n) is 3.43. The molecule has 0 spiro atoms. The number of fused-ring (bicyclic) bond motifs is 1. The topological polar surface area (TPSA) is 97.4 Å². The number of aromatic nitrogens is 1. The zero-order valence-electron chi connectivity index (χ0n) is 15.0. The number of hydrogen-bond donors (Lipinski definition) is 2. The molecule has 0 saturated carbocycles. The van der Waals surface area contributed by atoms with Crippen LogP contribution >= 0.6 is 0 Å². The van der Waals surface area contributed by atoms with E-state index in [2.05, 4.69) is 15.0 Å². The van der Waals surface area contributed by atoms with Crippen LogP contribution in [0.25, 0.3) is 10.9 Å². The van der Waals surface area contributed by atoms with Crippen LogP contribution in [-0.4, -0.2) is 38.0 Å². The summed E-state index contributed by atoms with van der Waals surface area (Å²) in [5.41, 5.74) is -0.00674. The van der Waals surface area contributed by atoms with Gasteiger partial charge in [-0.2, -0.15) is 4.72 Å². The highest BCUT2D eigenvalue weighted by Gasteiger charge is 2.26. The molecule has 136 valence electrons. The van der Waals surface area contributed by atoms with Crippen LogP contribution in [0.2, 0.25) is 0 Å². The van der Waals surface area contributed by atoms with E-state index in [1.54, 1.807) is 24.4 Å². The van der Waals surface area contributed by atoms with Crippen molar-refractivity contribution in [2.24, 2.45) is 0 Å². The van der Waals surface area contributed by atoms with E-state index in [0.29, 0.717) is 16.7 Å². The predicted octanol–water partition coefficient (Wildman–Crippen LogP) is 1.82. The molecule has 25 heavy (non-hydrogen) atoms. The number of methoxy groups -OCH3 is 1. The molecule has 0 bridgehead atoms. The Labute approximate surface area is 147 Å². The minimum absolute atomic E-state index is 0.0480. The molecule has 0 aliphatic carbocycles. The molecule has 1 atom stereocenters. The maximum absolute atomic E-state index is 12.8. The van der Waals surface area contributed by atoms with Gasteiger partial charge in [-0.3, -0.25) is 9.78 Å². The molecule has 2 rings (SSSR count). The van der Waals surface area contributed by atoms with Crippen molar-refractivity contribution in [3.63, 3.8) is 0 Å². The van der Waals surface area contributed by atoms with Crippen LogP contribution in [0.15, 0.2) is 35.4 Å². The van der Waals surface area contributed by atoms with Crippen LogP contribution in [0.1, 0.15) is 27.7 Å². The summed E-state index contributed by atoms with van der Waals surface area (Å²) in [4.78, 5) is 16.4. The van der Waals surface area contributed by atoms with Crippen LogP contribution in [0, 0.1) is 0 Å². The fraction of sp³-hybridized carbons (Fsp3) is 0.412. The number of nitrogens with zero attached hydrogens (tertiary/aromatic N) is 1. The number of ether oxygens (including phenoxy) is 1. The molecule has 8 heteroatoms. The Morgan fingerprint density at radius 3 is 2.52 bits per heavy atom. The molecule has 0 aliphatic rings. The molecule has 2 N–H and O–H groups in total. The van der Waals surface area contributed by atoms with Crippen molar-refractivity contribution in [1.29, 1.82) is 0 Å². The average Bonchev–Trinajstić information content (AvgIpc) is 2.51. The first-order chi connectivity index (χ1) is 11.5. The summed E-state index contributed by atoms with van der Waals surface area (Å²) in [6.07, 6.45) is 1.56. The van der Waals surface area contributed by atoms with Gasteiger partial charge in [-0.05, 0) is 52.0 Å². The average molecular weight is 365 g/mol. The number of benzene rings is 1. The highest BCUT2D eigenvalue weighted by atomic mass is 32.2. The summed E-state index contributed by atoms with van der Waals surface area (Å²) < 4.78 is 33.2. The number of carbonyl (C=O) groups is 1. The van der Waals surface area contributed by atoms with E-state index in [1.807, 2.05) is 20.8 Å². The van der Waals surface area contributed by atoms with Gasteiger partial charge in [0.2, 0.25) is 15.9 Å². The first-order valence-corrected chi connectivity index (χ1v) is 9.29. The van der Waals surface area contributed by atoms with E-state index >= 15 is 0 Å². The molecule has 0 fully saturated rings. The number of amides is 1. The molecule has 7 nitrogen and oxygen atoms in total. The van der Waals surface area contributed by atoms with E-state index < -0.39 is 27.5 Å². The fourth-order valence-electron chi connectivity index (χ4n) is 2.35. The number of carbonyl (C=O) groups excluding carboxylic acids is 1. The lowest BCUT2D eigenvalue weighted by molar-refractivity contribution is -0.123. The van der Waals surface area contributed by atoms with Crippen LogP contribution in [0.4, 0.5) is 0 Å². The Hall–Kier alpha value is -2.19. The lowest BCUT2D eigenvalue weighted by Gasteiger charge is -2.23.